The van der Waals surface area contributed by atoms with Gasteiger partial charge in [-0.2, -0.15) is 0 Å². The Labute approximate surface area is 112 Å². The van der Waals surface area contributed by atoms with Crippen molar-refractivity contribution in [1.82, 2.24) is 5.43 Å². The summed E-state index contributed by atoms with van der Waals surface area (Å²) >= 11 is 0. The zero-order chi connectivity index (χ0) is 13.4. The molecule has 4 nitrogen and oxygen atoms in total. The van der Waals surface area contributed by atoms with Gasteiger partial charge in [0.05, 0.1) is 6.10 Å². The fourth-order valence-corrected chi connectivity index (χ4v) is 2.70. The van der Waals surface area contributed by atoms with Gasteiger partial charge in [0.2, 0.25) is 0 Å². The van der Waals surface area contributed by atoms with Crippen molar-refractivity contribution in [3.63, 3.8) is 0 Å². The average molecular weight is 260 g/mol. The van der Waals surface area contributed by atoms with Crippen LogP contribution in [0.4, 0.5) is 0 Å². The van der Waals surface area contributed by atoms with Gasteiger partial charge in [-0.05, 0) is 43.9 Å². The summed E-state index contributed by atoms with van der Waals surface area (Å²) in [5.41, 5.74) is 4.97. The molecule has 0 spiro atoms. The zero-order valence-corrected chi connectivity index (χ0v) is 11.3. The standard InChI is InChI=1S/C15H20N2O2/c1-9-3-6-12-11(7-9)8-13(19-12)14(17-16)15(18-2)10-4-5-10/h3,6-8,10,14-15,17H,4-5,16H2,1-2H3. The molecule has 3 N–H and O–H groups in total. The van der Waals surface area contributed by atoms with Crippen molar-refractivity contribution in [3.05, 3.63) is 35.6 Å². The number of aryl methyl sites for hydroxylation is 1. The van der Waals surface area contributed by atoms with Crippen LogP contribution in [0.5, 0.6) is 0 Å². The first kappa shape index (κ1) is 12.7. The quantitative estimate of drug-likeness (QED) is 0.641. The van der Waals surface area contributed by atoms with Crippen LogP contribution in [0, 0.1) is 12.8 Å². The van der Waals surface area contributed by atoms with Crippen LogP contribution < -0.4 is 11.3 Å². The van der Waals surface area contributed by atoms with Gasteiger partial charge in [-0.15, -0.1) is 0 Å². The first-order valence-corrected chi connectivity index (χ1v) is 6.72. The third-order valence-corrected chi connectivity index (χ3v) is 3.86. The van der Waals surface area contributed by atoms with Gasteiger partial charge in [0.25, 0.3) is 0 Å². The van der Waals surface area contributed by atoms with E-state index in [-0.39, 0.29) is 12.1 Å². The summed E-state index contributed by atoms with van der Waals surface area (Å²) in [4.78, 5) is 0. The molecule has 2 atom stereocenters. The fourth-order valence-electron chi connectivity index (χ4n) is 2.70. The van der Waals surface area contributed by atoms with Crippen molar-refractivity contribution in [3.8, 4) is 0 Å². The van der Waals surface area contributed by atoms with Gasteiger partial charge in [-0.25, -0.2) is 5.43 Å². The minimum Gasteiger partial charge on any atom is -0.459 e. The highest BCUT2D eigenvalue weighted by molar-refractivity contribution is 5.78. The van der Waals surface area contributed by atoms with Crippen molar-refractivity contribution in [2.24, 2.45) is 11.8 Å². The van der Waals surface area contributed by atoms with Crippen LogP contribution >= 0.6 is 0 Å². The number of nitrogens with two attached hydrogens (primary N) is 1. The number of hydrogen-bond donors (Lipinski definition) is 2. The van der Waals surface area contributed by atoms with E-state index in [2.05, 4.69) is 30.5 Å². The Morgan fingerprint density at radius 3 is 2.79 bits per heavy atom. The normalized spacial score (nSPS) is 18.7. The number of benzene rings is 1. The molecule has 2 aromatic rings. The smallest absolute Gasteiger partial charge is 0.134 e. The molecule has 0 amide bonds. The molecule has 3 rings (SSSR count). The molecule has 102 valence electrons. The molecule has 1 heterocycles. The molecule has 1 aliphatic carbocycles. The van der Waals surface area contributed by atoms with Gasteiger partial charge >= 0.3 is 0 Å². The Morgan fingerprint density at radius 1 is 1.37 bits per heavy atom. The summed E-state index contributed by atoms with van der Waals surface area (Å²) in [6.45, 7) is 2.08. The summed E-state index contributed by atoms with van der Waals surface area (Å²) in [5.74, 6) is 7.14. The van der Waals surface area contributed by atoms with Crippen LogP contribution in [-0.4, -0.2) is 13.2 Å². The lowest BCUT2D eigenvalue weighted by atomic mass is 10.0. The molecule has 1 aliphatic rings. The van der Waals surface area contributed by atoms with E-state index in [4.69, 9.17) is 15.0 Å². The van der Waals surface area contributed by atoms with Gasteiger partial charge in [0.15, 0.2) is 0 Å². The number of hydrogen-bond acceptors (Lipinski definition) is 4. The van der Waals surface area contributed by atoms with E-state index in [0.29, 0.717) is 5.92 Å². The monoisotopic (exact) mass is 260 g/mol. The van der Waals surface area contributed by atoms with E-state index in [1.54, 1.807) is 7.11 Å². The first-order valence-electron chi connectivity index (χ1n) is 6.72. The average Bonchev–Trinajstić information content (AvgIpc) is 3.15. The van der Waals surface area contributed by atoms with Crippen molar-refractivity contribution < 1.29 is 9.15 Å². The summed E-state index contributed by atoms with van der Waals surface area (Å²) in [6, 6.07) is 8.14. The molecule has 0 bridgehead atoms. The Kier molecular flexibility index (Phi) is 3.31. The van der Waals surface area contributed by atoms with E-state index in [0.717, 1.165) is 16.7 Å². The van der Waals surface area contributed by atoms with Crippen LogP contribution in [0.1, 0.15) is 30.2 Å². The van der Waals surface area contributed by atoms with E-state index in [9.17, 15) is 0 Å². The van der Waals surface area contributed by atoms with Gasteiger partial charge in [0.1, 0.15) is 17.4 Å². The molecule has 19 heavy (non-hydrogen) atoms. The van der Waals surface area contributed by atoms with Gasteiger partial charge in [-0.1, -0.05) is 11.6 Å². The molecule has 2 unspecified atom stereocenters. The first-order chi connectivity index (χ1) is 9.22. The molecular formula is C15H20N2O2. The van der Waals surface area contributed by atoms with E-state index in [1.165, 1.54) is 18.4 Å². The summed E-state index contributed by atoms with van der Waals surface area (Å²) in [5, 5.41) is 1.11. The molecule has 0 saturated heterocycles. The number of methoxy groups -OCH3 is 1. The van der Waals surface area contributed by atoms with Crippen LogP contribution in [0.15, 0.2) is 28.7 Å². The second kappa shape index (κ2) is 4.96. The van der Waals surface area contributed by atoms with Gasteiger partial charge in [-0.3, -0.25) is 5.84 Å². The van der Waals surface area contributed by atoms with Crippen molar-refractivity contribution in [1.29, 1.82) is 0 Å². The lowest BCUT2D eigenvalue weighted by molar-refractivity contribution is 0.0444. The summed E-state index contributed by atoms with van der Waals surface area (Å²) < 4.78 is 11.5. The van der Waals surface area contributed by atoms with E-state index in [1.807, 2.05) is 6.07 Å². The molecule has 1 aromatic heterocycles. The second-order valence-corrected chi connectivity index (χ2v) is 5.37. The predicted octanol–water partition coefficient (Wildman–Crippen LogP) is 2.67. The minimum atomic E-state index is -0.0924. The van der Waals surface area contributed by atoms with Crippen LogP contribution in [0.2, 0.25) is 0 Å². The van der Waals surface area contributed by atoms with Gasteiger partial charge < -0.3 is 9.15 Å². The maximum atomic E-state index is 5.91. The number of hydrazine groups is 1. The Morgan fingerprint density at radius 2 is 2.16 bits per heavy atom. The molecule has 1 fully saturated rings. The third-order valence-electron chi connectivity index (χ3n) is 3.86. The number of nitrogens with one attached hydrogen (secondary N) is 1. The van der Waals surface area contributed by atoms with E-state index >= 15 is 0 Å². The SMILES string of the molecule is COC(C1CC1)C(NN)c1cc2cc(C)ccc2o1. The molecule has 4 heteroatoms. The topological polar surface area (TPSA) is 60.4 Å². The number of furan rings is 1. The maximum absolute atomic E-state index is 5.91. The Bertz CT molecular complexity index is 575. The fraction of sp³-hybridized carbons (Fsp3) is 0.467. The lowest BCUT2D eigenvalue weighted by Crippen LogP contribution is -2.38. The van der Waals surface area contributed by atoms with Crippen molar-refractivity contribution in [2.75, 3.05) is 7.11 Å². The zero-order valence-electron chi connectivity index (χ0n) is 11.3. The highest BCUT2D eigenvalue weighted by Crippen LogP contribution is 2.40. The van der Waals surface area contributed by atoms with Gasteiger partial charge in [0, 0.05) is 12.5 Å². The number of rotatable bonds is 5. The molecular weight excluding hydrogens is 240 g/mol. The summed E-state index contributed by atoms with van der Waals surface area (Å²) in [6.07, 6.45) is 2.48. The number of fused-ring (bicyclic) bond motifs is 1. The number of ether oxygens (including phenoxy) is 1. The maximum Gasteiger partial charge on any atom is 0.134 e. The van der Waals surface area contributed by atoms with Crippen LogP contribution in [0.25, 0.3) is 11.0 Å². The summed E-state index contributed by atoms with van der Waals surface area (Å²) in [7, 11) is 1.74. The highest BCUT2D eigenvalue weighted by Gasteiger charge is 2.38. The lowest BCUT2D eigenvalue weighted by Gasteiger charge is -2.23. The molecule has 1 saturated carbocycles. The third kappa shape index (κ3) is 2.39. The highest BCUT2D eigenvalue weighted by atomic mass is 16.5. The minimum absolute atomic E-state index is 0.0756. The second-order valence-electron chi connectivity index (χ2n) is 5.37. The Balaban J connectivity index is 1.95. The van der Waals surface area contributed by atoms with Crippen molar-refractivity contribution >= 4 is 11.0 Å². The molecule has 0 radical (unpaired) electrons. The largest absolute Gasteiger partial charge is 0.459 e. The Hall–Kier alpha value is -1.36. The predicted molar refractivity (Wildman–Crippen MR) is 74.5 cm³/mol. The van der Waals surface area contributed by atoms with E-state index < -0.39 is 0 Å². The van der Waals surface area contributed by atoms with Crippen LogP contribution in [0.3, 0.4) is 0 Å². The molecule has 1 aromatic carbocycles. The van der Waals surface area contributed by atoms with Crippen LogP contribution in [-0.2, 0) is 4.74 Å². The molecule has 0 aliphatic heterocycles. The van der Waals surface area contributed by atoms with Crippen molar-refractivity contribution in [2.45, 2.75) is 31.9 Å².